The second-order valence-electron chi connectivity index (χ2n) is 1.36. The average Bonchev–Trinajstić information content (AvgIpc) is 1.83. The molecule has 0 aliphatic carbocycles. The van der Waals surface area contributed by atoms with E-state index in [4.69, 9.17) is 0 Å². The highest BCUT2D eigenvalue weighted by Crippen LogP contribution is 1.88. The summed E-state index contributed by atoms with van der Waals surface area (Å²) in [7, 11) is 0. The van der Waals surface area contributed by atoms with Crippen LogP contribution in [0, 0.1) is 0 Å². The number of allylic oxidation sites excluding steroid dienone is 3. The quantitative estimate of drug-likeness (QED) is 0.384. The Morgan fingerprint density at radius 3 is 2.75 bits per heavy atom. The SMILES string of the molecule is C=C/C(C)=C\C=N/F. The molecule has 2 heteroatoms. The lowest BCUT2D eigenvalue weighted by Gasteiger charge is -1.79. The van der Waals surface area contributed by atoms with Crippen LogP contribution in [0.1, 0.15) is 6.92 Å². The molecule has 0 amide bonds. The van der Waals surface area contributed by atoms with Crippen molar-refractivity contribution in [2.75, 3.05) is 0 Å². The largest absolute Gasteiger partial charge is 0.0988 e. The number of rotatable bonds is 2. The molecule has 0 bridgehead atoms. The topological polar surface area (TPSA) is 12.4 Å². The highest BCUT2D eigenvalue weighted by molar-refractivity contribution is 5.72. The summed E-state index contributed by atoms with van der Waals surface area (Å²) in [5.41, 5.74) is 0.895. The molecule has 0 aliphatic heterocycles. The van der Waals surface area contributed by atoms with Gasteiger partial charge in [0.05, 0.1) is 6.21 Å². The third-order valence-electron chi connectivity index (χ3n) is 0.716. The van der Waals surface area contributed by atoms with Gasteiger partial charge in [-0.3, -0.25) is 0 Å². The minimum atomic E-state index is 0.895. The Bertz CT molecular complexity index is 124. The minimum absolute atomic E-state index is 0.895. The van der Waals surface area contributed by atoms with Crippen LogP contribution < -0.4 is 0 Å². The maximum absolute atomic E-state index is 11.0. The molecule has 0 saturated carbocycles. The van der Waals surface area contributed by atoms with Crippen molar-refractivity contribution in [2.45, 2.75) is 6.92 Å². The van der Waals surface area contributed by atoms with E-state index in [-0.39, 0.29) is 0 Å². The molecule has 0 N–H and O–H groups in total. The number of nitrogens with zero attached hydrogens (tertiary/aromatic N) is 1. The van der Waals surface area contributed by atoms with Crippen LogP contribution >= 0.6 is 0 Å². The summed E-state index contributed by atoms with van der Waals surface area (Å²) in [6.45, 7) is 5.28. The zero-order valence-corrected chi connectivity index (χ0v) is 4.76. The van der Waals surface area contributed by atoms with Crippen molar-refractivity contribution in [1.82, 2.24) is 0 Å². The van der Waals surface area contributed by atoms with Crippen molar-refractivity contribution >= 4 is 6.21 Å². The zero-order chi connectivity index (χ0) is 6.41. The Balaban J connectivity index is 3.74. The maximum atomic E-state index is 11.0. The van der Waals surface area contributed by atoms with Crippen LogP contribution in [0.3, 0.4) is 0 Å². The summed E-state index contributed by atoms with van der Waals surface area (Å²) >= 11 is 0. The lowest BCUT2D eigenvalue weighted by atomic mass is 10.3. The van der Waals surface area contributed by atoms with Crippen LogP contribution in [0.5, 0.6) is 0 Å². The van der Waals surface area contributed by atoms with Crippen molar-refractivity contribution in [3.63, 3.8) is 0 Å². The smallest absolute Gasteiger partial charge is 0.0602 e. The van der Waals surface area contributed by atoms with Gasteiger partial charge in [-0.25, -0.2) is 0 Å². The predicted molar refractivity (Wildman–Crippen MR) is 33.6 cm³/mol. The Hall–Kier alpha value is -0.920. The third-order valence-corrected chi connectivity index (χ3v) is 0.716. The number of halogens is 1. The van der Waals surface area contributed by atoms with E-state index in [1.807, 2.05) is 6.92 Å². The van der Waals surface area contributed by atoms with Crippen LogP contribution in [0.15, 0.2) is 29.5 Å². The lowest BCUT2D eigenvalue weighted by Crippen LogP contribution is -1.66. The molecular formula is C6H8FN. The fourth-order valence-corrected chi connectivity index (χ4v) is 0.214. The second-order valence-corrected chi connectivity index (χ2v) is 1.36. The molecule has 0 spiro atoms. The van der Waals surface area contributed by atoms with E-state index in [1.54, 1.807) is 6.08 Å². The lowest BCUT2D eigenvalue weighted by molar-refractivity contribution is 0.541. The van der Waals surface area contributed by atoms with Crippen LogP contribution in [0.2, 0.25) is 0 Å². The monoisotopic (exact) mass is 113 g/mol. The van der Waals surface area contributed by atoms with Gasteiger partial charge in [-0.1, -0.05) is 27.9 Å². The van der Waals surface area contributed by atoms with Gasteiger partial charge in [-0.05, 0) is 13.0 Å². The van der Waals surface area contributed by atoms with Crippen molar-refractivity contribution in [1.29, 1.82) is 0 Å². The first-order valence-corrected chi connectivity index (χ1v) is 2.25. The molecule has 0 atom stereocenters. The standard InChI is InChI=1S/C6H8FN/c1-3-6(2)4-5-8-7/h3-5H,1H2,2H3/b6-4-,8-5-. The van der Waals surface area contributed by atoms with Gasteiger partial charge < -0.3 is 0 Å². The summed E-state index contributed by atoms with van der Waals surface area (Å²) in [5.74, 6) is 0. The third kappa shape index (κ3) is 3.28. The Labute approximate surface area is 48.2 Å². The first-order chi connectivity index (χ1) is 3.81. The summed E-state index contributed by atoms with van der Waals surface area (Å²) < 4.78 is 11.0. The van der Waals surface area contributed by atoms with Crippen LogP contribution in [0.25, 0.3) is 0 Å². The van der Waals surface area contributed by atoms with Gasteiger partial charge in [0, 0.05) is 0 Å². The Kier molecular flexibility index (Phi) is 3.76. The molecular weight excluding hydrogens is 105 g/mol. The van der Waals surface area contributed by atoms with Crippen molar-refractivity contribution in [3.8, 4) is 0 Å². The van der Waals surface area contributed by atoms with Crippen LogP contribution in [-0.4, -0.2) is 6.21 Å². The van der Waals surface area contributed by atoms with Gasteiger partial charge in [-0.2, -0.15) is 0 Å². The van der Waals surface area contributed by atoms with E-state index in [9.17, 15) is 4.48 Å². The molecule has 0 unspecified atom stereocenters. The maximum Gasteiger partial charge on any atom is 0.0602 e. The first-order valence-electron chi connectivity index (χ1n) is 2.25. The van der Waals surface area contributed by atoms with E-state index in [0.717, 1.165) is 11.8 Å². The van der Waals surface area contributed by atoms with Gasteiger partial charge in [0.1, 0.15) is 0 Å². The van der Waals surface area contributed by atoms with Crippen molar-refractivity contribution in [3.05, 3.63) is 24.3 Å². The molecule has 0 saturated heterocycles. The highest BCUT2D eigenvalue weighted by atomic mass is 19.2. The van der Waals surface area contributed by atoms with Gasteiger partial charge in [0.15, 0.2) is 0 Å². The van der Waals surface area contributed by atoms with Gasteiger partial charge in [0.25, 0.3) is 0 Å². The van der Waals surface area contributed by atoms with Crippen LogP contribution in [0.4, 0.5) is 4.48 Å². The number of hydrogen-bond acceptors (Lipinski definition) is 1. The Morgan fingerprint density at radius 2 is 2.38 bits per heavy atom. The zero-order valence-electron chi connectivity index (χ0n) is 4.76. The molecule has 0 heterocycles. The van der Waals surface area contributed by atoms with Gasteiger partial charge in [0.2, 0.25) is 0 Å². The van der Waals surface area contributed by atoms with E-state index in [0.29, 0.717) is 0 Å². The highest BCUT2D eigenvalue weighted by Gasteiger charge is 1.72. The fraction of sp³-hybridized carbons (Fsp3) is 0.167. The molecule has 0 aliphatic rings. The molecule has 1 nitrogen and oxygen atoms in total. The molecule has 0 aromatic rings. The molecule has 0 fully saturated rings. The van der Waals surface area contributed by atoms with E-state index in [1.165, 1.54) is 6.08 Å². The summed E-state index contributed by atoms with van der Waals surface area (Å²) in [4.78, 5) is 0. The average molecular weight is 113 g/mol. The van der Waals surface area contributed by atoms with Crippen molar-refractivity contribution < 1.29 is 4.48 Å². The minimum Gasteiger partial charge on any atom is -0.0988 e. The summed E-state index contributed by atoms with van der Waals surface area (Å²) in [6.07, 6.45) is 4.24. The molecule has 0 rings (SSSR count). The van der Waals surface area contributed by atoms with E-state index < -0.39 is 0 Å². The Morgan fingerprint density at radius 1 is 1.75 bits per heavy atom. The molecule has 0 radical (unpaired) electrons. The molecule has 0 aromatic heterocycles. The van der Waals surface area contributed by atoms with E-state index in [2.05, 4.69) is 11.8 Å². The fourth-order valence-electron chi connectivity index (χ4n) is 0.214. The normalized spacial score (nSPS) is 12.5. The predicted octanol–water partition coefficient (Wildman–Crippen LogP) is 2.07. The van der Waals surface area contributed by atoms with Crippen molar-refractivity contribution in [2.24, 2.45) is 5.21 Å². The van der Waals surface area contributed by atoms with Gasteiger partial charge in [-0.15, -0.1) is 0 Å². The second kappa shape index (κ2) is 4.24. The van der Waals surface area contributed by atoms with Crippen LogP contribution in [-0.2, 0) is 0 Å². The molecule has 8 heavy (non-hydrogen) atoms. The van der Waals surface area contributed by atoms with E-state index >= 15 is 0 Å². The first kappa shape index (κ1) is 7.08. The summed E-state index contributed by atoms with van der Waals surface area (Å²) in [6, 6.07) is 0. The number of hydrogen-bond donors (Lipinski definition) is 0. The molecule has 0 aromatic carbocycles. The van der Waals surface area contributed by atoms with Gasteiger partial charge >= 0.3 is 0 Å². The summed E-state index contributed by atoms with van der Waals surface area (Å²) in [5, 5.41) is 2.27. The molecule has 44 valence electrons.